The van der Waals surface area contributed by atoms with Crippen molar-refractivity contribution in [2.75, 3.05) is 6.54 Å². The van der Waals surface area contributed by atoms with Crippen molar-refractivity contribution in [3.63, 3.8) is 0 Å². The molecule has 72 valence electrons. The molecule has 2 bridgehead atoms. The molecule has 0 spiro atoms. The number of carboxylic acids is 1. The Kier molecular flexibility index (Phi) is 1.29. The van der Waals surface area contributed by atoms with Crippen molar-refractivity contribution in [3.8, 4) is 0 Å². The Morgan fingerprint density at radius 1 is 1.64 bits per heavy atom. The van der Waals surface area contributed by atoms with Gasteiger partial charge in [-0.2, -0.15) is 0 Å². The molecule has 5 heteroatoms. The van der Waals surface area contributed by atoms with Crippen molar-refractivity contribution in [2.24, 2.45) is 4.99 Å². The first-order valence-corrected chi connectivity index (χ1v) is 4.47. The highest BCUT2D eigenvalue weighted by atomic mass is 16.4. The average molecular weight is 191 g/mol. The molecule has 4 aliphatic rings. The Bertz CT molecular complexity index is 397. The first kappa shape index (κ1) is 7.61. The van der Waals surface area contributed by atoms with Crippen LogP contribution in [0.3, 0.4) is 0 Å². The largest absolute Gasteiger partial charge is 0.480 e. The van der Waals surface area contributed by atoms with Crippen molar-refractivity contribution < 1.29 is 9.90 Å². The monoisotopic (exact) mass is 191 g/mol. The molecular weight excluding hydrogens is 182 g/mol. The number of aliphatic imine (C=N–C) groups is 1. The van der Waals surface area contributed by atoms with Crippen molar-refractivity contribution in [1.82, 2.24) is 9.80 Å². The summed E-state index contributed by atoms with van der Waals surface area (Å²) in [5.74, 6) is 0.266. The summed E-state index contributed by atoms with van der Waals surface area (Å²) in [4.78, 5) is 18.5. The number of nitrogens with zero attached hydrogens (tertiary/aromatic N) is 3. The number of rotatable bonds is 2. The average Bonchev–Trinajstić information content (AvgIpc) is 2.53. The van der Waals surface area contributed by atoms with Crippen LogP contribution in [0.1, 0.15) is 6.42 Å². The molecule has 5 nitrogen and oxygen atoms in total. The molecule has 0 aromatic heterocycles. The van der Waals surface area contributed by atoms with E-state index < -0.39 is 5.97 Å². The molecule has 14 heavy (non-hydrogen) atoms. The minimum Gasteiger partial charge on any atom is -0.480 e. The number of carboxylic acid groups (broad SMARTS) is 1. The Morgan fingerprint density at radius 3 is 3.14 bits per heavy atom. The van der Waals surface area contributed by atoms with Crippen LogP contribution >= 0.6 is 0 Å². The Morgan fingerprint density at radius 2 is 2.43 bits per heavy atom. The van der Waals surface area contributed by atoms with Gasteiger partial charge in [0.15, 0.2) is 0 Å². The second-order valence-corrected chi connectivity index (χ2v) is 3.55. The summed E-state index contributed by atoms with van der Waals surface area (Å²) in [7, 11) is 0. The summed E-state index contributed by atoms with van der Waals surface area (Å²) >= 11 is 0. The molecule has 0 aromatic carbocycles. The van der Waals surface area contributed by atoms with E-state index in [1.54, 1.807) is 11.1 Å². The minimum absolute atomic E-state index is 0.00981. The lowest BCUT2D eigenvalue weighted by Crippen LogP contribution is -2.26. The van der Waals surface area contributed by atoms with Crippen LogP contribution < -0.4 is 0 Å². The second kappa shape index (κ2) is 2.37. The van der Waals surface area contributed by atoms with Gasteiger partial charge >= 0.3 is 5.97 Å². The van der Waals surface area contributed by atoms with Gasteiger partial charge in [0.25, 0.3) is 0 Å². The van der Waals surface area contributed by atoms with Crippen LogP contribution in [-0.4, -0.2) is 39.3 Å². The third-order valence-corrected chi connectivity index (χ3v) is 2.60. The highest BCUT2D eigenvalue weighted by molar-refractivity contribution is 5.95. The number of hydrogen-bond acceptors (Lipinski definition) is 4. The van der Waals surface area contributed by atoms with Gasteiger partial charge in [0.1, 0.15) is 18.4 Å². The van der Waals surface area contributed by atoms with E-state index in [0.717, 1.165) is 18.0 Å². The van der Waals surface area contributed by atoms with E-state index in [4.69, 9.17) is 5.11 Å². The third-order valence-electron chi connectivity index (χ3n) is 2.60. The van der Waals surface area contributed by atoms with Crippen LogP contribution in [0.4, 0.5) is 0 Å². The fourth-order valence-corrected chi connectivity index (χ4v) is 1.92. The summed E-state index contributed by atoms with van der Waals surface area (Å²) < 4.78 is 0. The lowest BCUT2D eigenvalue weighted by molar-refractivity contribution is -0.137. The molecule has 0 radical (unpaired) electrons. The van der Waals surface area contributed by atoms with E-state index in [9.17, 15) is 4.79 Å². The van der Waals surface area contributed by atoms with E-state index in [2.05, 4.69) is 4.99 Å². The van der Waals surface area contributed by atoms with Gasteiger partial charge < -0.3 is 14.9 Å². The van der Waals surface area contributed by atoms with E-state index in [1.165, 1.54) is 0 Å². The maximum Gasteiger partial charge on any atom is 0.323 e. The molecule has 1 fully saturated rings. The first-order valence-electron chi connectivity index (χ1n) is 4.47. The minimum atomic E-state index is -0.824. The number of aliphatic carboxylic acids is 1. The van der Waals surface area contributed by atoms with E-state index in [1.807, 2.05) is 17.3 Å². The number of amidine groups is 1. The van der Waals surface area contributed by atoms with E-state index in [0.29, 0.717) is 0 Å². The molecule has 0 saturated carbocycles. The number of carbonyl (C=O) groups is 1. The van der Waals surface area contributed by atoms with Crippen molar-refractivity contribution in [1.29, 1.82) is 0 Å². The molecule has 4 aliphatic heterocycles. The fourth-order valence-electron chi connectivity index (χ4n) is 1.92. The zero-order valence-electron chi connectivity index (χ0n) is 7.42. The zero-order chi connectivity index (χ0) is 9.71. The SMILES string of the molecule is O=C(O)CN1C=CN2C(=C1)C1CC2=N1. The Hall–Kier alpha value is -1.78. The maximum absolute atomic E-state index is 10.5. The predicted molar refractivity (Wildman–Crippen MR) is 49.2 cm³/mol. The molecule has 1 N–H and O–H groups in total. The molecule has 0 aromatic rings. The van der Waals surface area contributed by atoms with Gasteiger partial charge in [-0.3, -0.25) is 9.79 Å². The molecular formula is C9H9N3O2. The lowest BCUT2D eigenvalue weighted by Gasteiger charge is -2.22. The van der Waals surface area contributed by atoms with Crippen molar-refractivity contribution in [3.05, 3.63) is 24.3 Å². The van der Waals surface area contributed by atoms with Crippen LogP contribution in [0.15, 0.2) is 29.3 Å². The number of hydrogen-bond donors (Lipinski definition) is 1. The van der Waals surface area contributed by atoms with Crippen LogP contribution in [0.5, 0.6) is 0 Å². The highest BCUT2D eigenvalue weighted by Gasteiger charge is 2.41. The Balaban J connectivity index is 1.83. The van der Waals surface area contributed by atoms with Crippen molar-refractivity contribution in [2.45, 2.75) is 12.5 Å². The highest BCUT2D eigenvalue weighted by Crippen LogP contribution is 2.37. The molecule has 0 aliphatic carbocycles. The van der Waals surface area contributed by atoms with Gasteiger partial charge in [0.2, 0.25) is 0 Å². The first-order chi connectivity index (χ1) is 6.74. The van der Waals surface area contributed by atoms with E-state index in [-0.39, 0.29) is 12.6 Å². The summed E-state index contributed by atoms with van der Waals surface area (Å²) in [6.07, 6.45) is 6.50. The van der Waals surface area contributed by atoms with Gasteiger partial charge in [-0.25, -0.2) is 0 Å². The molecule has 0 amide bonds. The van der Waals surface area contributed by atoms with Gasteiger partial charge in [-0.15, -0.1) is 0 Å². The summed E-state index contributed by atoms with van der Waals surface area (Å²) in [6.45, 7) is 0.00981. The molecule has 1 saturated heterocycles. The van der Waals surface area contributed by atoms with Gasteiger partial charge in [-0.05, 0) is 0 Å². The molecule has 1 unspecified atom stereocenters. The van der Waals surface area contributed by atoms with Crippen LogP contribution in [0.2, 0.25) is 0 Å². The van der Waals surface area contributed by atoms with Crippen LogP contribution in [-0.2, 0) is 4.79 Å². The van der Waals surface area contributed by atoms with Gasteiger partial charge in [0.05, 0.1) is 5.70 Å². The Labute approximate surface area is 80.6 Å². The van der Waals surface area contributed by atoms with Gasteiger partial charge in [0, 0.05) is 25.0 Å². The quantitative estimate of drug-likeness (QED) is 0.676. The predicted octanol–water partition coefficient (Wildman–Crippen LogP) is 0.186. The van der Waals surface area contributed by atoms with Crippen molar-refractivity contribution >= 4 is 11.8 Å². The maximum atomic E-state index is 10.5. The second-order valence-electron chi connectivity index (χ2n) is 3.55. The zero-order valence-corrected chi connectivity index (χ0v) is 7.42. The lowest BCUT2D eigenvalue weighted by atomic mass is 10.1. The van der Waals surface area contributed by atoms with Crippen LogP contribution in [0.25, 0.3) is 0 Å². The standard InChI is InChI=1S/C9H9N3O2/c13-9(14)5-11-1-2-12-7(4-11)6-3-8(12)10-6/h1-2,4,6H,3,5H2,(H,13,14). The normalized spacial score (nSPS) is 26.7. The smallest absolute Gasteiger partial charge is 0.323 e. The summed E-state index contributed by atoms with van der Waals surface area (Å²) in [5.41, 5.74) is 1.10. The fraction of sp³-hybridized carbons (Fsp3) is 0.333. The van der Waals surface area contributed by atoms with Gasteiger partial charge in [-0.1, -0.05) is 0 Å². The summed E-state index contributed by atoms with van der Waals surface area (Å²) in [6, 6.07) is 0.270. The van der Waals surface area contributed by atoms with E-state index >= 15 is 0 Å². The molecule has 4 heterocycles. The topological polar surface area (TPSA) is 56.1 Å². The molecule has 4 rings (SSSR count). The molecule has 1 atom stereocenters. The summed E-state index contributed by atoms with van der Waals surface area (Å²) in [5, 5.41) is 8.64. The third kappa shape index (κ3) is 0.891. The van der Waals surface area contributed by atoms with Crippen LogP contribution in [0, 0.1) is 0 Å².